The molecule has 1 saturated heterocycles. The van der Waals surface area contributed by atoms with Gasteiger partial charge >= 0.3 is 0 Å². The van der Waals surface area contributed by atoms with Crippen LogP contribution in [0.15, 0.2) is 59.4 Å². The molecule has 3 aliphatic rings. The van der Waals surface area contributed by atoms with Gasteiger partial charge in [-0.15, -0.1) is 0 Å². The number of epoxide rings is 1. The number of hydrogen-bond donors (Lipinski definition) is 1. The van der Waals surface area contributed by atoms with Crippen LogP contribution in [0.25, 0.3) is 0 Å². The lowest BCUT2D eigenvalue weighted by Gasteiger charge is -2.26. The van der Waals surface area contributed by atoms with Crippen molar-refractivity contribution in [2.45, 2.75) is 31.0 Å². The Hall–Kier alpha value is -1.51. The van der Waals surface area contributed by atoms with Crippen LogP contribution in [0.3, 0.4) is 0 Å². The van der Waals surface area contributed by atoms with E-state index >= 15 is 0 Å². The monoisotopic (exact) mass is 286 g/mol. The predicted octanol–water partition coefficient (Wildman–Crippen LogP) is 4.64. The van der Waals surface area contributed by atoms with Gasteiger partial charge in [-0.3, -0.25) is 0 Å². The molecule has 2 nitrogen and oxygen atoms in total. The highest BCUT2D eigenvalue weighted by Crippen LogP contribution is 2.60. The van der Waals surface area contributed by atoms with Crippen molar-refractivity contribution in [3.63, 3.8) is 0 Å². The quantitative estimate of drug-likeness (QED) is 0.763. The first-order valence-electron chi connectivity index (χ1n) is 6.95. The Kier molecular flexibility index (Phi) is 2.60. The van der Waals surface area contributed by atoms with Gasteiger partial charge in [-0.25, -0.2) is 0 Å². The Morgan fingerprint density at radius 3 is 2.80 bits per heavy atom. The van der Waals surface area contributed by atoms with Crippen LogP contribution in [0.2, 0.25) is 5.02 Å². The molecule has 3 heteroatoms. The zero-order chi connectivity index (χ0) is 13.7. The third kappa shape index (κ3) is 1.68. The molecule has 2 atom stereocenters. The molecule has 20 heavy (non-hydrogen) atoms. The van der Waals surface area contributed by atoms with Crippen LogP contribution in [0, 0.1) is 0 Å². The minimum absolute atomic E-state index is 0.0185. The van der Waals surface area contributed by atoms with E-state index in [2.05, 4.69) is 12.2 Å². The molecule has 2 aliphatic carbocycles. The second kappa shape index (κ2) is 4.24. The summed E-state index contributed by atoms with van der Waals surface area (Å²) in [5.41, 5.74) is 2.85. The van der Waals surface area contributed by atoms with E-state index in [9.17, 15) is 5.11 Å². The van der Waals surface area contributed by atoms with E-state index in [1.165, 1.54) is 5.57 Å². The number of benzene rings is 1. The number of halogens is 1. The van der Waals surface area contributed by atoms with Crippen molar-refractivity contribution in [3.8, 4) is 0 Å². The van der Waals surface area contributed by atoms with Crippen LogP contribution in [0.1, 0.15) is 30.9 Å². The minimum Gasteiger partial charge on any atom is -0.512 e. The zero-order valence-electron chi connectivity index (χ0n) is 11.0. The highest BCUT2D eigenvalue weighted by atomic mass is 35.5. The van der Waals surface area contributed by atoms with E-state index in [4.69, 9.17) is 16.3 Å². The Morgan fingerprint density at radius 2 is 2.00 bits per heavy atom. The summed E-state index contributed by atoms with van der Waals surface area (Å²) in [7, 11) is 0. The molecule has 1 heterocycles. The second-order valence-corrected chi connectivity index (χ2v) is 6.01. The van der Waals surface area contributed by atoms with Crippen LogP contribution >= 0.6 is 11.6 Å². The molecule has 0 bridgehead atoms. The van der Waals surface area contributed by atoms with Crippen LogP contribution in [0.4, 0.5) is 0 Å². The Labute approximate surface area is 123 Å². The minimum atomic E-state index is -0.456. The van der Waals surface area contributed by atoms with Gasteiger partial charge in [0, 0.05) is 17.0 Å². The summed E-state index contributed by atoms with van der Waals surface area (Å²) in [5.74, 6) is 0.489. The zero-order valence-corrected chi connectivity index (χ0v) is 11.7. The van der Waals surface area contributed by atoms with Crippen LogP contribution in [-0.2, 0) is 4.74 Å². The van der Waals surface area contributed by atoms with Crippen molar-refractivity contribution in [2.75, 3.05) is 0 Å². The van der Waals surface area contributed by atoms with Crippen LogP contribution in [-0.4, -0.2) is 10.7 Å². The molecule has 2 unspecified atom stereocenters. The van der Waals surface area contributed by atoms with Gasteiger partial charge in [-0.05, 0) is 42.2 Å². The Morgan fingerprint density at radius 1 is 1.20 bits per heavy atom. The number of allylic oxidation sites excluding steroid dienone is 3. The largest absolute Gasteiger partial charge is 0.512 e. The first-order valence-corrected chi connectivity index (χ1v) is 7.33. The summed E-state index contributed by atoms with van der Waals surface area (Å²) < 4.78 is 6.02. The molecule has 102 valence electrons. The lowest BCUT2D eigenvalue weighted by Crippen LogP contribution is -2.22. The van der Waals surface area contributed by atoms with Crippen molar-refractivity contribution >= 4 is 11.6 Å². The van der Waals surface area contributed by atoms with Gasteiger partial charge in [0.05, 0.1) is 5.76 Å². The first-order chi connectivity index (χ1) is 9.71. The van der Waals surface area contributed by atoms with E-state index in [1.807, 2.05) is 30.3 Å². The fraction of sp³-hybridized carbons (Fsp3) is 0.294. The van der Waals surface area contributed by atoms with E-state index in [0.29, 0.717) is 5.76 Å². The average molecular weight is 287 g/mol. The lowest BCUT2D eigenvalue weighted by molar-refractivity contribution is 0.323. The predicted molar refractivity (Wildman–Crippen MR) is 78.7 cm³/mol. The smallest absolute Gasteiger partial charge is 0.146 e. The maximum atomic E-state index is 10.3. The second-order valence-electron chi connectivity index (χ2n) is 5.57. The lowest BCUT2D eigenvalue weighted by atomic mass is 9.78. The van der Waals surface area contributed by atoms with Gasteiger partial charge in [0.1, 0.15) is 11.7 Å². The van der Waals surface area contributed by atoms with Gasteiger partial charge in [-0.1, -0.05) is 35.9 Å². The topological polar surface area (TPSA) is 32.8 Å². The third-order valence-corrected chi connectivity index (χ3v) is 4.57. The molecule has 1 fully saturated rings. The van der Waals surface area contributed by atoms with E-state index in [0.717, 1.165) is 35.4 Å². The van der Waals surface area contributed by atoms with Gasteiger partial charge < -0.3 is 9.84 Å². The van der Waals surface area contributed by atoms with E-state index < -0.39 is 5.60 Å². The molecule has 1 aromatic rings. The molecule has 1 spiro atoms. The molecule has 4 rings (SSSR count). The summed E-state index contributed by atoms with van der Waals surface area (Å²) in [6, 6.07) is 7.75. The summed E-state index contributed by atoms with van der Waals surface area (Å²) >= 11 is 5.93. The van der Waals surface area contributed by atoms with Crippen LogP contribution < -0.4 is 0 Å². The van der Waals surface area contributed by atoms with Gasteiger partial charge in [0.15, 0.2) is 0 Å². The molecule has 1 aromatic carbocycles. The standard InChI is InChI=1S/C17H15ClO2/c18-13-8-6-12(7-9-13)16-17(20-16)10-2-4-11-3-1-5-14(19)15(11)17/h2,4,6-10,16,19H,1,3,5H2. The van der Waals surface area contributed by atoms with Crippen molar-refractivity contribution < 1.29 is 9.84 Å². The summed E-state index contributed by atoms with van der Waals surface area (Å²) in [6.07, 6.45) is 8.96. The molecular weight excluding hydrogens is 272 g/mol. The summed E-state index contributed by atoms with van der Waals surface area (Å²) in [5, 5.41) is 11.0. The normalized spacial score (nSPS) is 31.2. The van der Waals surface area contributed by atoms with Crippen LogP contribution in [0.5, 0.6) is 0 Å². The number of fused-ring (bicyclic) bond motifs is 2. The van der Waals surface area contributed by atoms with Crippen molar-refractivity contribution in [1.29, 1.82) is 0 Å². The highest BCUT2D eigenvalue weighted by molar-refractivity contribution is 6.30. The van der Waals surface area contributed by atoms with E-state index in [1.54, 1.807) is 0 Å². The molecule has 0 radical (unpaired) electrons. The van der Waals surface area contributed by atoms with Gasteiger partial charge in [0.2, 0.25) is 0 Å². The number of ether oxygens (including phenoxy) is 1. The van der Waals surface area contributed by atoms with Crippen molar-refractivity contribution in [1.82, 2.24) is 0 Å². The molecule has 1 N–H and O–H groups in total. The van der Waals surface area contributed by atoms with Gasteiger partial charge in [0.25, 0.3) is 0 Å². The fourth-order valence-electron chi connectivity index (χ4n) is 3.35. The third-order valence-electron chi connectivity index (χ3n) is 4.32. The molecular formula is C17H15ClO2. The molecule has 0 amide bonds. The first kappa shape index (κ1) is 12.2. The van der Waals surface area contributed by atoms with Crippen molar-refractivity contribution in [3.05, 3.63) is 70.0 Å². The summed E-state index contributed by atoms with van der Waals surface area (Å²) in [6.45, 7) is 0. The fourth-order valence-corrected chi connectivity index (χ4v) is 3.47. The molecule has 0 saturated carbocycles. The maximum Gasteiger partial charge on any atom is 0.146 e. The summed E-state index contributed by atoms with van der Waals surface area (Å²) in [4.78, 5) is 0. The number of hydrogen-bond acceptors (Lipinski definition) is 2. The molecule has 1 aliphatic heterocycles. The number of rotatable bonds is 1. The highest BCUT2D eigenvalue weighted by Gasteiger charge is 2.60. The molecule has 0 aromatic heterocycles. The van der Waals surface area contributed by atoms with E-state index in [-0.39, 0.29) is 6.10 Å². The maximum absolute atomic E-state index is 10.3. The van der Waals surface area contributed by atoms with Crippen molar-refractivity contribution in [2.24, 2.45) is 0 Å². The Balaban J connectivity index is 1.74. The average Bonchev–Trinajstić information content (AvgIpc) is 3.14. The number of aliphatic hydroxyl groups excluding tert-OH is 1. The van der Waals surface area contributed by atoms with Gasteiger partial charge in [-0.2, -0.15) is 0 Å². The SMILES string of the molecule is OC1=C2C(=CC=CC23OC3c2ccc(Cl)cc2)CCC1. The number of aliphatic hydroxyl groups is 1. The Bertz CT molecular complexity index is 654.